The van der Waals surface area contributed by atoms with Gasteiger partial charge in [-0.1, -0.05) is 19.4 Å². The van der Waals surface area contributed by atoms with Crippen molar-refractivity contribution < 1.29 is 14.6 Å². The molecule has 0 bridgehead atoms. The summed E-state index contributed by atoms with van der Waals surface area (Å²) in [7, 11) is 0. The molecule has 3 nitrogen and oxygen atoms in total. The van der Waals surface area contributed by atoms with Gasteiger partial charge in [-0.2, -0.15) is 0 Å². The molecular weight excluding hydrogens is 204 g/mol. The van der Waals surface area contributed by atoms with Crippen LogP contribution in [-0.2, 0) is 9.47 Å². The molecule has 92 valence electrons. The Morgan fingerprint density at radius 3 is 2.69 bits per heavy atom. The van der Waals surface area contributed by atoms with Crippen LogP contribution in [0.25, 0.3) is 0 Å². The molecule has 1 aliphatic carbocycles. The molecule has 1 aliphatic heterocycles. The fourth-order valence-corrected chi connectivity index (χ4v) is 2.58. The monoisotopic (exact) mass is 226 g/mol. The predicted octanol–water partition coefficient (Wildman–Crippen LogP) is 2.25. The Morgan fingerprint density at radius 2 is 2.06 bits per heavy atom. The zero-order valence-electron chi connectivity index (χ0n) is 10.0. The van der Waals surface area contributed by atoms with Crippen LogP contribution >= 0.6 is 0 Å². The fraction of sp³-hybridized carbons (Fsp3) is 0.846. The summed E-state index contributed by atoms with van der Waals surface area (Å²) in [6.45, 7) is 6.17. The summed E-state index contributed by atoms with van der Waals surface area (Å²) in [6, 6.07) is 0. The van der Waals surface area contributed by atoms with Crippen LogP contribution < -0.4 is 0 Å². The lowest BCUT2D eigenvalue weighted by Gasteiger charge is -2.32. The van der Waals surface area contributed by atoms with Crippen LogP contribution in [-0.4, -0.2) is 29.7 Å². The van der Waals surface area contributed by atoms with Gasteiger partial charge in [0.25, 0.3) is 0 Å². The molecule has 0 amide bonds. The molecule has 0 aromatic heterocycles. The standard InChI is InChI=1S/C13H22O3/c1-3-10(2)12(14)11-9-15-13(16-11)7-5-4-6-8-13/h3,10-12,14H,1,4-9H2,2H3/t10?,11-,12?/m1/s1. The first-order valence-electron chi connectivity index (χ1n) is 6.29. The van der Waals surface area contributed by atoms with E-state index in [1.54, 1.807) is 6.08 Å². The Balaban J connectivity index is 1.93. The van der Waals surface area contributed by atoms with Gasteiger partial charge in [0.2, 0.25) is 0 Å². The van der Waals surface area contributed by atoms with Gasteiger partial charge in [0, 0.05) is 18.8 Å². The number of aliphatic hydroxyl groups excluding tert-OH is 1. The average molecular weight is 226 g/mol. The normalized spacial score (nSPS) is 32.5. The maximum atomic E-state index is 10.1. The van der Waals surface area contributed by atoms with Crippen LogP contribution in [0.5, 0.6) is 0 Å². The van der Waals surface area contributed by atoms with E-state index in [4.69, 9.17) is 9.47 Å². The van der Waals surface area contributed by atoms with E-state index < -0.39 is 6.10 Å². The molecule has 1 saturated carbocycles. The first kappa shape index (κ1) is 12.1. The number of hydrogen-bond donors (Lipinski definition) is 1. The van der Waals surface area contributed by atoms with E-state index in [1.165, 1.54) is 19.3 Å². The molecule has 2 aliphatic rings. The van der Waals surface area contributed by atoms with E-state index in [-0.39, 0.29) is 17.8 Å². The number of aliphatic hydroxyl groups is 1. The van der Waals surface area contributed by atoms with Crippen molar-refractivity contribution in [3.63, 3.8) is 0 Å². The molecule has 0 radical (unpaired) electrons. The highest BCUT2D eigenvalue weighted by molar-refractivity contribution is 4.91. The van der Waals surface area contributed by atoms with Gasteiger partial charge in [0.15, 0.2) is 5.79 Å². The average Bonchev–Trinajstić information content (AvgIpc) is 2.72. The molecule has 3 atom stereocenters. The topological polar surface area (TPSA) is 38.7 Å². The van der Waals surface area contributed by atoms with Crippen molar-refractivity contribution in [1.29, 1.82) is 0 Å². The van der Waals surface area contributed by atoms with Gasteiger partial charge in [-0.05, 0) is 12.8 Å². The van der Waals surface area contributed by atoms with Gasteiger partial charge < -0.3 is 14.6 Å². The summed E-state index contributed by atoms with van der Waals surface area (Å²) in [5.74, 6) is -0.336. The summed E-state index contributed by atoms with van der Waals surface area (Å²) < 4.78 is 11.7. The van der Waals surface area contributed by atoms with Crippen molar-refractivity contribution in [3.8, 4) is 0 Å². The van der Waals surface area contributed by atoms with Crippen molar-refractivity contribution in [2.24, 2.45) is 5.92 Å². The molecule has 2 fully saturated rings. The second kappa shape index (κ2) is 4.86. The van der Waals surface area contributed by atoms with Crippen LogP contribution in [0.2, 0.25) is 0 Å². The maximum absolute atomic E-state index is 10.1. The quantitative estimate of drug-likeness (QED) is 0.750. The van der Waals surface area contributed by atoms with E-state index in [0.717, 1.165) is 12.8 Å². The van der Waals surface area contributed by atoms with Gasteiger partial charge >= 0.3 is 0 Å². The Labute approximate surface area is 97.4 Å². The number of hydrogen-bond acceptors (Lipinski definition) is 3. The Bertz CT molecular complexity index is 246. The molecule has 2 unspecified atom stereocenters. The zero-order chi connectivity index (χ0) is 11.6. The molecule has 0 aromatic rings. The van der Waals surface area contributed by atoms with E-state index in [9.17, 15) is 5.11 Å². The highest BCUT2D eigenvalue weighted by atomic mass is 16.7. The van der Waals surface area contributed by atoms with E-state index in [0.29, 0.717) is 6.61 Å². The molecule has 1 N–H and O–H groups in total. The second-order valence-electron chi connectivity index (χ2n) is 5.02. The van der Waals surface area contributed by atoms with Crippen LogP contribution in [0.1, 0.15) is 39.0 Å². The zero-order valence-corrected chi connectivity index (χ0v) is 10.0. The fourth-order valence-electron chi connectivity index (χ4n) is 2.58. The highest BCUT2D eigenvalue weighted by Gasteiger charge is 2.44. The molecule has 0 aromatic carbocycles. The Kier molecular flexibility index (Phi) is 3.67. The van der Waals surface area contributed by atoms with Crippen molar-refractivity contribution in [3.05, 3.63) is 12.7 Å². The number of rotatable bonds is 3. The highest BCUT2D eigenvalue weighted by Crippen LogP contribution is 2.39. The molecule has 3 heteroatoms. The minimum absolute atomic E-state index is 0.0485. The van der Waals surface area contributed by atoms with Gasteiger partial charge in [-0.3, -0.25) is 0 Å². The largest absolute Gasteiger partial charge is 0.390 e. The van der Waals surface area contributed by atoms with Gasteiger partial charge in [0.05, 0.1) is 12.7 Å². The third-order valence-corrected chi connectivity index (χ3v) is 3.78. The summed E-state index contributed by atoms with van der Waals surface area (Å²) in [5.41, 5.74) is 0. The minimum atomic E-state index is -0.501. The first-order chi connectivity index (χ1) is 7.67. The van der Waals surface area contributed by atoms with Gasteiger partial charge in [0.1, 0.15) is 6.10 Å². The Hall–Kier alpha value is -0.380. The lowest BCUT2D eigenvalue weighted by molar-refractivity contribution is -0.197. The lowest BCUT2D eigenvalue weighted by atomic mass is 9.94. The lowest BCUT2D eigenvalue weighted by Crippen LogP contribution is -2.37. The van der Waals surface area contributed by atoms with Crippen molar-refractivity contribution in [2.45, 2.75) is 57.0 Å². The van der Waals surface area contributed by atoms with Gasteiger partial charge in [-0.25, -0.2) is 0 Å². The van der Waals surface area contributed by atoms with E-state index in [2.05, 4.69) is 6.58 Å². The third kappa shape index (κ3) is 2.31. The van der Waals surface area contributed by atoms with Crippen molar-refractivity contribution in [2.75, 3.05) is 6.61 Å². The molecule has 1 spiro atoms. The van der Waals surface area contributed by atoms with Crippen LogP contribution in [0.15, 0.2) is 12.7 Å². The molecule has 16 heavy (non-hydrogen) atoms. The maximum Gasteiger partial charge on any atom is 0.169 e. The molecule has 1 saturated heterocycles. The second-order valence-corrected chi connectivity index (χ2v) is 5.02. The SMILES string of the molecule is C=CC(C)C(O)[C@H]1COC2(CCCCC2)O1. The van der Waals surface area contributed by atoms with Crippen molar-refractivity contribution >= 4 is 0 Å². The first-order valence-corrected chi connectivity index (χ1v) is 6.29. The third-order valence-electron chi connectivity index (χ3n) is 3.78. The van der Waals surface area contributed by atoms with Crippen LogP contribution in [0.4, 0.5) is 0 Å². The van der Waals surface area contributed by atoms with E-state index >= 15 is 0 Å². The van der Waals surface area contributed by atoms with Crippen LogP contribution in [0, 0.1) is 5.92 Å². The Morgan fingerprint density at radius 1 is 1.38 bits per heavy atom. The summed E-state index contributed by atoms with van der Waals surface area (Å²) in [5, 5.41) is 10.1. The van der Waals surface area contributed by atoms with Crippen molar-refractivity contribution in [1.82, 2.24) is 0 Å². The predicted molar refractivity (Wildman–Crippen MR) is 62.0 cm³/mol. The number of ether oxygens (including phenoxy) is 2. The van der Waals surface area contributed by atoms with E-state index in [1.807, 2.05) is 6.92 Å². The summed E-state index contributed by atoms with van der Waals surface area (Å²) >= 11 is 0. The smallest absolute Gasteiger partial charge is 0.169 e. The molecule has 2 rings (SSSR count). The molecular formula is C13H22O3. The summed E-state index contributed by atoms with van der Waals surface area (Å²) in [6.07, 6.45) is 6.62. The van der Waals surface area contributed by atoms with Gasteiger partial charge in [-0.15, -0.1) is 6.58 Å². The van der Waals surface area contributed by atoms with Crippen LogP contribution in [0.3, 0.4) is 0 Å². The summed E-state index contributed by atoms with van der Waals surface area (Å²) in [4.78, 5) is 0. The minimum Gasteiger partial charge on any atom is -0.390 e. The molecule has 1 heterocycles.